The highest BCUT2D eigenvalue weighted by atomic mass is 19.1. The summed E-state index contributed by atoms with van der Waals surface area (Å²) in [6.45, 7) is 8.07. The van der Waals surface area contributed by atoms with Crippen LogP contribution in [-0.2, 0) is 14.3 Å². The Kier molecular flexibility index (Phi) is 11.3. The SMILES string of the molecule is COCCNc1nc(Nc2ccc(F)cc2)ncc1C#C[C@@H]1CCC[C@H](NC(=O)[C@H](C)N(C)C(=O)OC(C)(C)C)C1. The predicted molar refractivity (Wildman–Crippen MR) is 156 cm³/mol. The topological polar surface area (TPSA) is 118 Å². The molecular weight excluding hydrogens is 527 g/mol. The van der Waals surface area contributed by atoms with Crippen molar-refractivity contribution in [3.8, 4) is 11.8 Å². The third-order valence-electron chi connectivity index (χ3n) is 6.56. The maximum atomic E-state index is 13.2. The van der Waals surface area contributed by atoms with Crippen LogP contribution in [0, 0.1) is 23.6 Å². The molecule has 0 unspecified atom stereocenters. The molecular formula is C30H41FN6O4. The Morgan fingerprint density at radius 1 is 1.22 bits per heavy atom. The zero-order chi connectivity index (χ0) is 30.0. The number of methoxy groups -OCH3 is 1. The van der Waals surface area contributed by atoms with E-state index in [0.717, 1.165) is 19.3 Å². The van der Waals surface area contributed by atoms with Crippen LogP contribution in [0.5, 0.6) is 0 Å². The van der Waals surface area contributed by atoms with Crippen LogP contribution in [-0.4, -0.2) is 71.9 Å². The first kappa shape index (κ1) is 31.6. The van der Waals surface area contributed by atoms with Crippen molar-refractivity contribution in [2.24, 2.45) is 5.92 Å². The lowest BCUT2D eigenvalue weighted by Gasteiger charge is -2.31. The maximum absolute atomic E-state index is 13.2. The van der Waals surface area contributed by atoms with Crippen LogP contribution in [0.1, 0.15) is 58.9 Å². The summed E-state index contributed by atoms with van der Waals surface area (Å²) in [7, 11) is 3.19. The van der Waals surface area contributed by atoms with Gasteiger partial charge in [-0.25, -0.2) is 14.2 Å². The van der Waals surface area contributed by atoms with Gasteiger partial charge in [-0.1, -0.05) is 18.3 Å². The zero-order valence-electron chi connectivity index (χ0n) is 24.7. The van der Waals surface area contributed by atoms with Gasteiger partial charge >= 0.3 is 6.09 Å². The molecule has 222 valence electrons. The fourth-order valence-electron chi connectivity index (χ4n) is 4.22. The summed E-state index contributed by atoms with van der Waals surface area (Å²) >= 11 is 0. The van der Waals surface area contributed by atoms with Crippen LogP contribution in [0.25, 0.3) is 0 Å². The van der Waals surface area contributed by atoms with E-state index in [0.29, 0.717) is 42.6 Å². The molecule has 11 heteroatoms. The first-order chi connectivity index (χ1) is 19.4. The van der Waals surface area contributed by atoms with E-state index in [4.69, 9.17) is 9.47 Å². The Labute approximate surface area is 241 Å². The number of halogens is 1. The summed E-state index contributed by atoms with van der Waals surface area (Å²) in [6.07, 6.45) is 4.52. The molecule has 2 aromatic rings. The molecule has 0 saturated heterocycles. The van der Waals surface area contributed by atoms with Gasteiger partial charge in [0, 0.05) is 38.3 Å². The molecule has 1 heterocycles. The minimum Gasteiger partial charge on any atom is -0.444 e. The number of aromatic nitrogens is 2. The number of hydrogen-bond donors (Lipinski definition) is 3. The van der Waals surface area contributed by atoms with Gasteiger partial charge in [0.15, 0.2) is 0 Å². The van der Waals surface area contributed by atoms with Crippen LogP contribution >= 0.6 is 0 Å². The molecule has 0 aliphatic heterocycles. The number of anilines is 3. The van der Waals surface area contributed by atoms with Crippen molar-refractivity contribution in [2.45, 2.75) is 71.1 Å². The highest BCUT2D eigenvalue weighted by Crippen LogP contribution is 2.25. The Morgan fingerprint density at radius 3 is 2.63 bits per heavy atom. The Hall–Kier alpha value is -3.91. The zero-order valence-corrected chi connectivity index (χ0v) is 24.7. The molecule has 3 rings (SSSR count). The second-order valence-corrected chi connectivity index (χ2v) is 11.1. The van der Waals surface area contributed by atoms with Gasteiger partial charge in [-0.05, 0) is 71.2 Å². The van der Waals surface area contributed by atoms with Crippen molar-refractivity contribution in [3.05, 3.63) is 41.8 Å². The normalized spacial score (nSPS) is 17.4. The van der Waals surface area contributed by atoms with Crippen molar-refractivity contribution >= 4 is 29.5 Å². The van der Waals surface area contributed by atoms with E-state index in [1.54, 1.807) is 60.2 Å². The molecule has 10 nitrogen and oxygen atoms in total. The van der Waals surface area contributed by atoms with Gasteiger partial charge in [0.2, 0.25) is 11.9 Å². The highest BCUT2D eigenvalue weighted by molar-refractivity contribution is 5.85. The Balaban J connectivity index is 1.65. The molecule has 1 saturated carbocycles. The van der Waals surface area contributed by atoms with Crippen LogP contribution in [0.4, 0.5) is 26.6 Å². The quantitative estimate of drug-likeness (QED) is 0.294. The van der Waals surface area contributed by atoms with Crippen molar-refractivity contribution in [3.63, 3.8) is 0 Å². The first-order valence-corrected chi connectivity index (χ1v) is 13.9. The summed E-state index contributed by atoms with van der Waals surface area (Å²) in [4.78, 5) is 35.5. The Morgan fingerprint density at radius 2 is 1.95 bits per heavy atom. The molecule has 0 radical (unpaired) electrons. The summed E-state index contributed by atoms with van der Waals surface area (Å²) < 4.78 is 23.8. The average molecular weight is 569 g/mol. The van der Waals surface area contributed by atoms with Gasteiger partial charge in [0.05, 0.1) is 18.4 Å². The molecule has 3 atom stereocenters. The average Bonchev–Trinajstić information content (AvgIpc) is 2.92. The molecule has 0 spiro atoms. The number of likely N-dealkylation sites (N-methyl/N-ethyl adjacent to an activating group) is 1. The first-order valence-electron chi connectivity index (χ1n) is 13.9. The number of ether oxygens (including phenoxy) is 2. The molecule has 2 amide bonds. The van der Waals surface area contributed by atoms with Gasteiger partial charge < -0.3 is 25.4 Å². The van der Waals surface area contributed by atoms with Crippen LogP contribution in [0.3, 0.4) is 0 Å². The van der Waals surface area contributed by atoms with Crippen molar-refractivity contribution in [2.75, 3.05) is 37.9 Å². The number of rotatable bonds is 9. The minimum absolute atomic E-state index is 0.0390. The van der Waals surface area contributed by atoms with E-state index < -0.39 is 17.7 Å². The van der Waals surface area contributed by atoms with Gasteiger partial charge in [-0.3, -0.25) is 9.69 Å². The maximum Gasteiger partial charge on any atom is 0.410 e. The van der Waals surface area contributed by atoms with Gasteiger partial charge in [0.25, 0.3) is 0 Å². The van der Waals surface area contributed by atoms with Crippen molar-refractivity contribution in [1.82, 2.24) is 20.2 Å². The van der Waals surface area contributed by atoms with Crippen molar-refractivity contribution in [1.29, 1.82) is 0 Å². The molecule has 1 aliphatic rings. The molecule has 3 N–H and O–H groups in total. The third kappa shape index (κ3) is 10.2. The monoisotopic (exact) mass is 568 g/mol. The van der Waals surface area contributed by atoms with E-state index in [9.17, 15) is 14.0 Å². The summed E-state index contributed by atoms with van der Waals surface area (Å²) in [5.74, 6) is 7.02. The van der Waals surface area contributed by atoms with E-state index in [-0.39, 0.29) is 23.7 Å². The highest BCUT2D eigenvalue weighted by Gasteiger charge is 2.29. The van der Waals surface area contributed by atoms with Gasteiger partial charge in [-0.15, -0.1) is 0 Å². The van der Waals surface area contributed by atoms with E-state index in [1.165, 1.54) is 17.0 Å². The lowest BCUT2D eigenvalue weighted by atomic mass is 9.86. The van der Waals surface area contributed by atoms with E-state index in [1.807, 2.05) is 0 Å². The number of benzene rings is 1. The number of hydrogen-bond acceptors (Lipinski definition) is 8. The summed E-state index contributed by atoms with van der Waals surface area (Å²) in [6, 6.07) is 5.23. The number of amides is 2. The number of carbonyl (C=O) groups is 2. The van der Waals surface area contributed by atoms with Gasteiger partial charge in [-0.2, -0.15) is 4.98 Å². The second kappa shape index (κ2) is 14.6. The van der Waals surface area contributed by atoms with E-state index >= 15 is 0 Å². The number of carbonyl (C=O) groups excluding carboxylic acids is 2. The van der Waals surface area contributed by atoms with Crippen molar-refractivity contribution < 1.29 is 23.5 Å². The molecule has 1 aromatic heterocycles. The second-order valence-electron chi connectivity index (χ2n) is 11.1. The van der Waals surface area contributed by atoms with Crippen LogP contribution in [0.2, 0.25) is 0 Å². The fourth-order valence-corrected chi connectivity index (χ4v) is 4.22. The van der Waals surface area contributed by atoms with E-state index in [2.05, 4.69) is 37.8 Å². The predicted octanol–water partition coefficient (Wildman–Crippen LogP) is 4.70. The number of nitrogens with one attached hydrogen (secondary N) is 3. The molecule has 1 aliphatic carbocycles. The summed E-state index contributed by atoms with van der Waals surface area (Å²) in [5, 5.41) is 9.40. The largest absolute Gasteiger partial charge is 0.444 e. The third-order valence-corrected chi connectivity index (χ3v) is 6.56. The Bertz CT molecular complexity index is 1240. The molecule has 1 fully saturated rings. The van der Waals surface area contributed by atoms with Crippen LogP contribution in [0.15, 0.2) is 30.5 Å². The lowest BCUT2D eigenvalue weighted by Crippen LogP contribution is -2.50. The molecule has 0 bridgehead atoms. The standard InChI is InChI=1S/C30H41FN6O4/c1-20(37(5)29(39)41-30(2,3)4)27(38)34-25-9-7-8-21(18-25)10-11-22-19-33-28(36-26(22)32-16-17-40-6)35-24-14-12-23(31)13-15-24/h12-15,19-21,25H,7-9,16-18H2,1-6H3,(H,34,38)(H2,32,33,35,36)/t20-,21-,25-/m0/s1. The minimum atomic E-state index is -0.670. The number of nitrogens with zero attached hydrogens (tertiary/aromatic N) is 3. The fraction of sp³-hybridized carbons (Fsp3) is 0.533. The smallest absolute Gasteiger partial charge is 0.410 e. The van der Waals surface area contributed by atoms with Gasteiger partial charge in [0.1, 0.15) is 23.3 Å². The molecule has 1 aromatic carbocycles. The molecule has 41 heavy (non-hydrogen) atoms. The summed E-state index contributed by atoms with van der Waals surface area (Å²) in [5.41, 5.74) is 0.667. The lowest BCUT2D eigenvalue weighted by molar-refractivity contribution is -0.126. The van der Waals surface area contributed by atoms with Crippen LogP contribution < -0.4 is 16.0 Å².